The minimum Gasteiger partial charge on any atom is -0.872 e. The number of nitrogens with zero attached hydrogens (tertiary/aromatic N) is 2. The van der Waals surface area contributed by atoms with Crippen molar-refractivity contribution in [2.75, 3.05) is 0 Å². The first-order valence-electron chi connectivity index (χ1n) is 8.84. The van der Waals surface area contributed by atoms with E-state index in [9.17, 15) is 10.2 Å². The fourth-order valence-electron chi connectivity index (χ4n) is 2.88. The molecule has 0 aliphatic carbocycles. The molecule has 0 aromatic heterocycles. The zero-order valence-electron chi connectivity index (χ0n) is 15.8. The van der Waals surface area contributed by atoms with Crippen molar-refractivity contribution in [2.45, 2.75) is 0 Å². The van der Waals surface area contributed by atoms with Gasteiger partial charge in [0, 0.05) is 12.4 Å². The van der Waals surface area contributed by atoms with Crippen molar-refractivity contribution in [3.8, 4) is 11.5 Å². The van der Waals surface area contributed by atoms with Gasteiger partial charge in [0.2, 0.25) is 0 Å². The summed E-state index contributed by atoms with van der Waals surface area (Å²) in [6.07, 6.45) is 3.10. The summed E-state index contributed by atoms with van der Waals surface area (Å²) in [6, 6.07) is 25.2. The molecule has 1 radical (unpaired) electrons. The van der Waals surface area contributed by atoms with Crippen molar-refractivity contribution < 1.29 is 32.8 Å². The molecular formula is C24H18CuN2O3. The summed E-state index contributed by atoms with van der Waals surface area (Å²) in [4.78, 5) is 9.01. The van der Waals surface area contributed by atoms with Crippen LogP contribution >= 0.6 is 0 Å². The first-order valence-corrected chi connectivity index (χ1v) is 8.84. The largest absolute Gasteiger partial charge is 2.00 e. The maximum atomic E-state index is 11.9. The molecule has 5 nitrogen and oxygen atoms in total. The van der Waals surface area contributed by atoms with Crippen LogP contribution in [0.1, 0.15) is 11.1 Å². The summed E-state index contributed by atoms with van der Waals surface area (Å²) >= 11 is 0. The van der Waals surface area contributed by atoms with Crippen molar-refractivity contribution in [2.24, 2.45) is 9.98 Å². The fourth-order valence-corrected chi connectivity index (χ4v) is 2.88. The number of rotatable bonds is 4. The second-order valence-corrected chi connectivity index (χ2v) is 6.28. The average molecular weight is 446 g/mol. The third-order valence-electron chi connectivity index (χ3n) is 4.37. The Kier molecular flexibility index (Phi) is 7.90. The molecule has 0 atom stereocenters. The van der Waals surface area contributed by atoms with Gasteiger partial charge in [-0.15, -0.1) is 11.5 Å². The smallest absolute Gasteiger partial charge is 0.872 e. The molecule has 2 N–H and O–H groups in total. The number of hydrogen-bond acceptors (Lipinski definition) is 4. The zero-order valence-corrected chi connectivity index (χ0v) is 16.7. The van der Waals surface area contributed by atoms with E-state index < -0.39 is 0 Å². The Bertz CT molecular complexity index is 1110. The van der Waals surface area contributed by atoms with E-state index in [1.807, 2.05) is 36.4 Å². The summed E-state index contributed by atoms with van der Waals surface area (Å²) in [5.74, 6) is -0.172. The fraction of sp³-hybridized carbons (Fsp3) is 0. The maximum absolute atomic E-state index is 11.9. The van der Waals surface area contributed by atoms with E-state index in [0.717, 1.165) is 10.8 Å². The van der Waals surface area contributed by atoms with E-state index in [2.05, 4.69) is 9.98 Å². The van der Waals surface area contributed by atoms with Crippen molar-refractivity contribution in [3.63, 3.8) is 0 Å². The minimum absolute atomic E-state index is 0. The molecule has 4 aromatic carbocycles. The molecule has 0 aliphatic heterocycles. The van der Waals surface area contributed by atoms with Crippen LogP contribution in [0.4, 0.5) is 11.4 Å². The van der Waals surface area contributed by atoms with E-state index in [4.69, 9.17) is 0 Å². The Morgan fingerprint density at radius 1 is 0.567 bits per heavy atom. The maximum Gasteiger partial charge on any atom is 2.00 e. The van der Waals surface area contributed by atoms with E-state index in [0.29, 0.717) is 22.5 Å². The third-order valence-corrected chi connectivity index (χ3v) is 4.37. The third kappa shape index (κ3) is 5.13. The number of para-hydroxylation sites is 2. The van der Waals surface area contributed by atoms with Crippen molar-refractivity contribution in [3.05, 3.63) is 96.1 Å². The Hall–Kier alpha value is -3.44. The van der Waals surface area contributed by atoms with Crippen molar-refractivity contribution in [1.29, 1.82) is 0 Å². The topological polar surface area (TPSA) is 102 Å². The Morgan fingerprint density at radius 3 is 1.33 bits per heavy atom. The van der Waals surface area contributed by atoms with E-state index >= 15 is 0 Å². The quantitative estimate of drug-likeness (QED) is 0.353. The summed E-state index contributed by atoms with van der Waals surface area (Å²) in [6.45, 7) is 0. The Balaban J connectivity index is 0.00000160. The molecule has 4 rings (SSSR count). The SMILES string of the molecule is O.[Cu+2].[O-]c1ccccc1C=Nc1cc2ccccc2cc1N=Cc1ccccc1[O-]. The van der Waals surface area contributed by atoms with Crippen LogP contribution in [0.3, 0.4) is 0 Å². The molecule has 0 amide bonds. The van der Waals surface area contributed by atoms with E-state index in [1.165, 1.54) is 12.1 Å². The molecule has 153 valence electrons. The van der Waals surface area contributed by atoms with Gasteiger partial charge >= 0.3 is 17.1 Å². The number of benzene rings is 4. The second-order valence-electron chi connectivity index (χ2n) is 6.28. The molecule has 6 heteroatoms. The van der Waals surface area contributed by atoms with Gasteiger partial charge in [0.25, 0.3) is 0 Å². The van der Waals surface area contributed by atoms with Gasteiger partial charge in [0.05, 0.1) is 11.4 Å². The molecule has 0 heterocycles. The van der Waals surface area contributed by atoms with Gasteiger partial charge < -0.3 is 15.7 Å². The van der Waals surface area contributed by atoms with Gasteiger partial charge in [0.15, 0.2) is 0 Å². The van der Waals surface area contributed by atoms with Crippen molar-refractivity contribution in [1.82, 2.24) is 0 Å². The van der Waals surface area contributed by atoms with Crippen LogP contribution in [0.2, 0.25) is 0 Å². The standard InChI is InChI=1S/C24H18N2O2.Cu.H2O/c27-23-11-5-3-9-19(23)15-25-21-13-17-7-1-2-8-18(17)14-22(21)26-16-20-10-4-6-12-24(20)28;;/h1-16,27-28H;;1H2/q;+2;/p-2. The van der Waals surface area contributed by atoms with Crippen LogP contribution in [0, 0.1) is 0 Å². The molecule has 0 spiro atoms. The molecule has 0 saturated heterocycles. The van der Waals surface area contributed by atoms with Gasteiger partial charge in [-0.2, -0.15) is 0 Å². The van der Waals surface area contributed by atoms with Crippen LogP contribution < -0.4 is 10.2 Å². The predicted octanol–water partition coefficient (Wildman–Crippen LogP) is 3.66. The zero-order chi connectivity index (χ0) is 19.3. The van der Waals surface area contributed by atoms with Crippen LogP contribution in [0.5, 0.6) is 11.5 Å². The Labute approximate surface area is 184 Å². The number of hydrogen-bond donors (Lipinski definition) is 0. The number of fused-ring (bicyclic) bond motifs is 1. The molecular weight excluding hydrogens is 428 g/mol. The molecule has 0 fully saturated rings. The van der Waals surface area contributed by atoms with Crippen LogP contribution in [-0.4, -0.2) is 17.9 Å². The summed E-state index contributed by atoms with van der Waals surface area (Å²) in [7, 11) is 0. The molecule has 4 aromatic rings. The average Bonchev–Trinajstić information content (AvgIpc) is 2.72. The summed E-state index contributed by atoms with van der Waals surface area (Å²) in [5.41, 5.74) is 2.27. The van der Waals surface area contributed by atoms with Gasteiger partial charge in [-0.05, 0) is 34.0 Å². The molecule has 30 heavy (non-hydrogen) atoms. The number of aliphatic imine (C=N–C) groups is 2. The predicted molar refractivity (Wildman–Crippen MR) is 114 cm³/mol. The Morgan fingerprint density at radius 2 is 0.933 bits per heavy atom. The first-order chi connectivity index (χ1) is 13.7. The van der Waals surface area contributed by atoms with Crippen LogP contribution in [0.25, 0.3) is 10.8 Å². The second kappa shape index (κ2) is 10.4. The molecule has 0 saturated carbocycles. The summed E-state index contributed by atoms with van der Waals surface area (Å²) < 4.78 is 0. The summed E-state index contributed by atoms with van der Waals surface area (Å²) in [5, 5.41) is 25.9. The molecule has 0 unspecified atom stereocenters. The normalized spacial score (nSPS) is 10.8. The van der Waals surface area contributed by atoms with Crippen LogP contribution in [-0.2, 0) is 17.1 Å². The van der Waals surface area contributed by atoms with Gasteiger partial charge in [-0.3, -0.25) is 9.98 Å². The molecule has 0 bridgehead atoms. The minimum atomic E-state index is -0.0858. The first kappa shape index (κ1) is 22.8. The van der Waals surface area contributed by atoms with E-state index in [-0.39, 0.29) is 34.0 Å². The van der Waals surface area contributed by atoms with Crippen molar-refractivity contribution >= 4 is 34.6 Å². The van der Waals surface area contributed by atoms with Gasteiger partial charge in [-0.1, -0.05) is 72.8 Å². The monoisotopic (exact) mass is 445 g/mol. The van der Waals surface area contributed by atoms with Gasteiger partial charge in [0.1, 0.15) is 0 Å². The van der Waals surface area contributed by atoms with Gasteiger partial charge in [-0.25, -0.2) is 0 Å². The van der Waals surface area contributed by atoms with Crippen LogP contribution in [0.15, 0.2) is 94.9 Å². The van der Waals surface area contributed by atoms with E-state index in [1.54, 1.807) is 48.8 Å². The molecule has 0 aliphatic rings.